The van der Waals surface area contributed by atoms with E-state index in [-0.39, 0.29) is 11.9 Å². The molecule has 1 unspecified atom stereocenters. The number of hydrogen-bond acceptors (Lipinski definition) is 4. The lowest BCUT2D eigenvalue weighted by atomic mass is 10.0. The van der Waals surface area contributed by atoms with Crippen molar-refractivity contribution in [2.75, 3.05) is 6.54 Å². The average Bonchev–Trinajstić information content (AvgIpc) is 2.85. The minimum absolute atomic E-state index is 0.0330. The van der Waals surface area contributed by atoms with Gasteiger partial charge >= 0.3 is 0 Å². The molecule has 18 heavy (non-hydrogen) atoms. The zero-order valence-corrected chi connectivity index (χ0v) is 11.4. The van der Waals surface area contributed by atoms with Crippen LogP contribution in [0.4, 0.5) is 4.39 Å². The molecule has 2 aromatic rings. The molecule has 1 heterocycles. The Kier molecular flexibility index (Phi) is 4.63. The third kappa shape index (κ3) is 3.25. The van der Waals surface area contributed by atoms with E-state index in [4.69, 9.17) is 11.6 Å². The van der Waals surface area contributed by atoms with Gasteiger partial charge in [-0.15, -0.1) is 5.10 Å². The second kappa shape index (κ2) is 6.22. The molecule has 3 nitrogen and oxygen atoms in total. The molecule has 1 N–H and O–H groups in total. The number of nitrogens with one attached hydrogen (secondary N) is 1. The summed E-state index contributed by atoms with van der Waals surface area (Å²) in [5, 5.41) is 7.54. The monoisotopic (exact) mass is 285 g/mol. The van der Waals surface area contributed by atoms with Gasteiger partial charge in [-0.1, -0.05) is 29.1 Å². The van der Waals surface area contributed by atoms with Crippen LogP contribution in [0.2, 0.25) is 5.02 Å². The molecule has 0 fully saturated rings. The van der Waals surface area contributed by atoms with E-state index in [1.807, 2.05) is 6.92 Å². The van der Waals surface area contributed by atoms with Crippen LogP contribution in [-0.4, -0.2) is 16.1 Å². The third-order valence-corrected chi connectivity index (χ3v) is 3.62. The van der Waals surface area contributed by atoms with Crippen LogP contribution < -0.4 is 5.32 Å². The average molecular weight is 286 g/mol. The molecule has 0 aliphatic rings. The third-order valence-electron chi connectivity index (χ3n) is 2.61. The standard InChI is InChI=1S/C12H13ClFN3S/c1-2-15-11(12-7-16-17-18-12)5-8-3-4-9(13)6-10(8)14/h3-4,6-7,11,15H,2,5H2,1H3. The summed E-state index contributed by atoms with van der Waals surface area (Å²) >= 11 is 7.07. The number of nitrogens with zero attached hydrogens (tertiary/aromatic N) is 2. The predicted molar refractivity (Wildman–Crippen MR) is 71.4 cm³/mol. The van der Waals surface area contributed by atoms with Crippen molar-refractivity contribution in [3.05, 3.63) is 45.7 Å². The topological polar surface area (TPSA) is 37.8 Å². The van der Waals surface area contributed by atoms with Crippen molar-refractivity contribution in [2.24, 2.45) is 0 Å². The molecule has 1 atom stereocenters. The summed E-state index contributed by atoms with van der Waals surface area (Å²) in [6, 6.07) is 4.79. The lowest BCUT2D eigenvalue weighted by Gasteiger charge is -2.16. The SMILES string of the molecule is CCNC(Cc1ccc(Cl)cc1F)c1cnns1. The van der Waals surface area contributed by atoms with E-state index in [2.05, 4.69) is 14.9 Å². The fourth-order valence-corrected chi connectivity index (χ4v) is 2.49. The first kappa shape index (κ1) is 13.4. The van der Waals surface area contributed by atoms with Gasteiger partial charge in [-0.05, 0) is 42.2 Å². The Morgan fingerprint density at radius 3 is 2.94 bits per heavy atom. The maximum absolute atomic E-state index is 13.8. The number of hydrogen-bond donors (Lipinski definition) is 1. The summed E-state index contributed by atoms with van der Waals surface area (Å²) in [4.78, 5) is 1.01. The Morgan fingerprint density at radius 2 is 2.33 bits per heavy atom. The molecule has 0 aliphatic carbocycles. The van der Waals surface area contributed by atoms with Crippen LogP contribution in [0.3, 0.4) is 0 Å². The Hall–Kier alpha value is -1.04. The molecular formula is C12H13ClFN3S. The first-order valence-electron chi connectivity index (χ1n) is 5.65. The van der Waals surface area contributed by atoms with Gasteiger partial charge in [-0.2, -0.15) is 0 Å². The minimum Gasteiger partial charge on any atom is -0.309 e. The zero-order chi connectivity index (χ0) is 13.0. The summed E-state index contributed by atoms with van der Waals surface area (Å²) in [6.45, 7) is 2.82. The highest BCUT2D eigenvalue weighted by Crippen LogP contribution is 2.23. The van der Waals surface area contributed by atoms with Crippen LogP contribution in [-0.2, 0) is 6.42 Å². The zero-order valence-electron chi connectivity index (χ0n) is 9.86. The van der Waals surface area contributed by atoms with Crippen molar-refractivity contribution in [1.29, 1.82) is 0 Å². The molecule has 1 aromatic carbocycles. The Bertz CT molecular complexity index is 504. The van der Waals surface area contributed by atoms with E-state index in [0.29, 0.717) is 17.0 Å². The van der Waals surface area contributed by atoms with E-state index in [1.54, 1.807) is 18.3 Å². The summed E-state index contributed by atoms with van der Waals surface area (Å²) in [5.74, 6) is -0.275. The van der Waals surface area contributed by atoms with Crippen LogP contribution in [0.5, 0.6) is 0 Å². The largest absolute Gasteiger partial charge is 0.309 e. The highest BCUT2D eigenvalue weighted by atomic mass is 35.5. The molecule has 1 aromatic heterocycles. The normalized spacial score (nSPS) is 12.6. The van der Waals surface area contributed by atoms with Gasteiger partial charge in [0.05, 0.1) is 11.1 Å². The maximum atomic E-state index is 13.8. The number of rotatable bonds is 5. The van der Waals surface area contributed by atoms with Gasteiger partial charge in [-0.25, -0.2) is 4.39 Å². The van der Waals surface area contributed by atoms with E-state index in [9.17, 15) is 4.39 Å². The second-order valence-electron chi connectivity index (χ2n) is 3.87. The fraction of sp³-hybridized carbons (Fsp3) is 0.333. The Balaban J connectivity index is 2.18. The quantitative estimate of drug-likeness (QED) is 0.916. The first-order valence-corrected chi connectivity index (χ1v) is 6.80. The smallest absolute Gasteiger partial charge is 0.127 e. The van der Waals surface area contributed by atoms with E-state index in [1.165, 1.54) is 17.6 Å². The Morgan fingerprint density at radius 1 is 1.50 bits per heavy atom. The molecule has 0 spiro atoms. The van der Waals surface area contributed by atoms with Crippen molar-refractivity contribution >= 4 is 23.1 Å². The lowest BCUT2D eigenvalue weighted by Crippen LogP contribution is -2.22. The van der Waals surface area contributed by atoms with Crippen molar-refractivity contribution in [3.8, 4) is 0 Å². The molecular weight excluding hydrogens is 273 g/mol. The molecule has 0 amide bonds. The van der Waals surface area contributed by atoms with Crippen LogP contribution in [0.15, 0.2) is 24.4 Å². The van der Waals surface area contributed by atoms with Gasteiger partial charge in [0.15, 0.2) is 0 Å². The summed E-state index contributed by atoms with van der Waals surface area (Å²) in [7, 11) is 0. The van der Waals surface area contributed by atoms with E-state index >= 15 is 0 Å². The van der Waals surface area contributed by atoms with Crippen molar-refractivity contribution in [2.45, 2.75) is 19.4 Å². The number of likely N-dealkylation sites (N-methyl/N-ethyl adjacent to an activating group) is 1. The highest BCUT2D eigenvalue weighted by molar-refractivity contribution is 7.05. The van der Waals surface area contributed by atoms with Crippen molar-refractivity contribution in [3.63, 3.8) is 0 Å². The highest BCUT2D eigenvalue weighted by Gasteiger charge is 2.15. The number of aromatic nitrogens is 2. The van der Waals surface area contributed by atoms with E-state index < -0.39 is 0 Å². The second-order valence-corrected chi connectivity index (χ2v) is 5.12. The minimum atomic E-state index is -0.275. The molecule has 0 aliphatic heterocycles. The van der Waals surface area contributed by atoms with Crippen LogP contribution in [0, 0.1) is 5.82 Å². The van der Waals surface area contributed by atoms with Gasteiger partial charge in [0.1, 0.15) is 5.82 Å². The molecule has 0 saturated heterocycles. The van der Waals surface area contributed by atoms with Gasteiger partial charge in [0, 0.05) is 11.1 Å². The van der Waals surface area contributed by atoms with Gasteiger partial charge < -0.3 is 5.32 Å². The fourth-order valence-electron chi connectivity index (χ4n) is 1.76. The molecule has 96 valence electrons. The Labute approximate surface area is 114 Å². The van der Waals surface area contributed by atoms with Crippen LogP contribution in [0.25, 0.3) is 0 Å². The summed E-state index contributed by atoms with van der Waals surface area (Å²) in [5.41, 5.74) is 0.638. The van der Waals surface area contributed by atoms with Crippen LogP contribution in [0.1, 0.15) is 23.4 Å². The molecule has 2 rings (SSSR count). The summed E-state index contributed by atoms with van der Waals surface area (Å²) in [6.07, 6.45) is 2.27. The molecule has 0 saturated carbocycles. The van der Waals surface area contributed by atoms with E-state index in [0.717, 1.165) is 11.4 Å². The van der Waals surface area contributed by atoms with Crippen molar-refractivity contribution < 1.29 is 4.39 Å². The molecule has 0 bridgehead atoms. The van der Waals surface area contributed by atoms with Gasteiger partial charge in [-0.3, -0.25) is 0 Å². The summed E-state index contributed by atoms with van der Waals surface area (Å²) < 4.78 is 17.6. The first-order chi connectivity index (χ1) is 8.70. The lowest BCUT2D eigenvalue weighted by molar-refractivity contribution is 0.533. The molecule has 6 heteroatoms. The van der Waals surface area contributed by atoms with Crippen LogP contribution >= 0.6 is 23.1 Å². The number of halogens is 2. The van der Waals surface area contributed by atoms with Crippen molar-refractivity contribution in [1.82, 2.24) is 14.9 Å². The maximum Gasteiger partial charge on any atom is 0.127 e. The predicted octanol–water partition coefficient (Wildman–Crippen LogP) is 3.22. The van der Waals surface area contributed by atoms with Gasteiger partial charge in [0.2, 0.25) is 0 Å². The molecule has 0 radical (unpaired) electrons. The van der Waals surface area contributed by atoms with Gasteiger partial charge in [0.25, 0.3) is 0 Å². The number of benzene rings is 1.